The summed E-state index contributed by atoms with van der Waals surface area (Å²) < 4.78 is 13.0. The van der Waals surface area contributed by atoms with Crippen LogP contribution < -0.4 is 0 Å². The Morgan fingerprint density at radius 3 is 2.78 bits per heavy atom. The van der Waals surface area contributed by atoms with E-state index in [0.717, 1.165) is 25.1 Å². The quantitative estimate of drug-likeness (QED) is 0.811. The molecule has 18 heavy (non-hydrogen) atoms. The molecule has 0 bridgehead atoms. The minimum Gasteiger partial charge on any atom is -0.481 e. The third-order valence-corrected chi connectivity index (χ3v) is 3.04. The van der Waals surface area contributed by atoms with Gasteiger partial charge in [-0.2, -0.15) is 0 Å². The van der Waals surface area contributed by atoms with Crippen molar-refractivity contribution in [3.63, 3.8) is 0 Å². The van der Waals surface area contributed by atoms with Crippen molar-refractivity contribution < 1.29 is 14.3 Å². The van der Waals surface area contributed by atoms with Crippen LogP contribution in [0, 0.1) is 11.7 Å². The van der Waals surface area contributed by atoms with Crippen LogP contribution in [0.25, 0.3) is 0 Å². The molecular formula is C14H20FNO2. The first-order chi connectivity index (χ1) is 8.49. The van der Waals surface area contributed by atoms with Gasteiger partial charge in [0.2, 0.25) is 0 Å². The summed E-state index contributed by atoms with van der Waals surface area (Å²) in [6, 6.07) is 6.57. The average Bonchev–Trinajstić information content (AvgIpc) is 2.33. The molecule has 0 aliphatic carbocycles. The molecule has 1 N–H and O–H groups in total. The molecule has 0 fully saturated rings. The summed E-state index contributed by atoms with van der Waals surface area (Å²) in [5.74, 6) is -1.29. The first-order valence-electron chi connectivity index (χ1n) is 6.15. The molecule has 3 nitrogen and oxygen atoms in total. The number of benzene rings is 1. The van der Waals surface area contributed by atoms with Crippen molar-refractivity contribution in [1.82, 2.24) is 4.90 Å². The predicted octanol–water partition coefficient (Wildman–Crippen LogP) is 2.41. The second-order valence-electron chi connectivity index (χ2n) is 4.71. The molecule has 0 heterocycles. The highest BCUT2D eigenvalue weighted by atomic mass is 19.1. The van der Waals surface area contributed by atoms with Crippen LogP contribution in [-0.2, 0) is 11.2 Å². The number of hydrogen-bond acceptors (Lipinski definition) is 2. The van der Waals surface area contributed by atoms with Crippen molar-refractivity contribution in [1.29, 1.82) is 0 Å². The number of hydrogen-bond donors (Lipinski definition) is 1. The lowest BCUT2D eigenvalue weighted by Crippen LogP contribution is -2.25. The summed E-state index contributed by atoms with van der Waals surface area (Å²) in [5.41, 5.74) is 0.966. The number of carbonyl (C=O) groups is 1. The van der Waals surface area contributed by atoms with Gasteiger partial charge in [0.15, 0.2) is 0 Å². The summed E-state index contributed by atoms with van der Waals surface area (Å²) in [7, 11) is 1.95. The Hall–Kier alpha value is -1.42. The fourth-order valence-electron chi connectivity index (χ4n) is 1.66. The smallest absolute Gasteiger partial charge is 0.306 e. The number of aliphatic carboxylic acids is 1. The lowest BCUT2D eigenvalue weighted by atomic mass is 10.1. The van der Waals surface area contributed by atoms with E-state index in [0.29, 0.717) is 6.42 Å². The maximum Gasteiger partial charge on any atom is 0.306 e. The Bertz CT molecular complexity index is 395. The molecule has 0 amide bonds. The molecule has 0 aliphatic heterocycles. The Balaban J connectivity index is 2.29. The second kappa shape index (κ2) is 7.11. The molecule has 1 unspecified atom stereocenters. The van der Waals surface area contributed by atoms with E-state index in [4.69, 9.17) is 5.11 Å². The fourth-order valence-corrected chi connectivity index (χ4v) is 1.66. The third kappa shape index (κ3) is 5.27. The van der Waals surface area contributed by atoms with Crippen molar-refractivity contribution in [2.24, 2.45) is 5.92 Å². The van der Waals surface area contributed by atoms with E-state index in [1.54, 1.807) is 13.0 Å². The average molecular weight is 253 g/mol. The van der Waals surface area contributed by atoms with Crippen LogP contribution in [0.4, 0.5) is 4.39 Å². The van der Waals surface area contributed by atoms with Gasteiger partial charge in [0.05, 0.1) is 5.92 Å². The van der Waals surface area contributed by atoms with Crippen LogP contribution >= 0.6 is 0 Å². The number of halogens is 1. The van der Waals surface area contributed by atoms with Gasteiger partial charge in [-0.3, -0.25) is 4.79 Å². The van der Waals surface area contributed by atoms with E-state index in [2.05, 4.69) is 4.90 Å². The van der Waals surface area contributed by atoms with Crippen LogP contribution in [0.3, 0.4) is 0 Å². The Morgan fingerprint density at radius 2 is 2.17 bits per heavy atom. The number of nitrogens with zero attached hydrogens (tertiary/aromatic N) is 1. The molecular weight excluding hydrogens is 233 g/mol. The van der Waals surface area contributed by atoms with Crippen LogP contribution in [0.1, 0.15) is 18.9 Å². The summed E-state index contributed by atoms with van der Waals surface area (Å²) in [6.45, 7) is 3.25. The van der Waals surface area contributed by atoms with E-state index in [9.17, 15) is 9.18 Å². The minimum absolute atomic E-state index is 0.213. The lowest BCUT2D eigenvalue weighted by Gasteiger charge is -2.17. The molecule has 0 saturated heterocycles. The van der Waals surface area contributed by atoms with Gasteiger partial charge >= 0.3 is 5.97 Å². The number of rotatable bonds is 7. The largest absolute Gasteiger partial charge is 0.481 e. The third-order valence-electron chi connectivity index (χ3n) is 3.04. The normalized spacial score (nSPS) is 12.7. The SMILES string of the molecule is CC(CCN(C)CCc1cccc(F)c1)C(=O)O. The van der Waals surface area contributed by atoms with Crippen LogP contribution in [0.2, 0.25) is 0 Å². The highest BCUT2D eigenvalue weighted by Gasteiger charge is 2.11. The maximum atomic E-state index is 13.0. The first-order valence-corrected chi connectivity index (χ1v) is 6.15. The molecule has 4 heteroatoms. The number of likely N-dealkylation sites (N-methyl/N-ethyl adjacent to an activating group) is 1. The van der Waals surface area contributed by atoms with Crippen molar-refractivity contribution in [3.05, 3.63) is 35.6 Å². The Labute approximate surface area is 107 Å². The van der Waals surface area contributed by atoms with Crippen molar-refractivity contribution in [2.75, 3.05) is 20.1 Å². The first kappa shape index (κ1) is 14.6. The van der Waals surface area contributed by atoms with E-state index >= 15 is 0 Å². The Kier molecular flexibility index (Phi) is 5.78. The molecule has 0 saturated carbocycles. The van der Waals surface area contributed by atoms with Crippen LogP contribution in [-0.4, -0.2) is 36.1 Å². The van der Waals surface area contributed by atoms with E-state index < -0.39 is 5.97 Å². The van der Waals surface area contributed by atoms with Crippen LogP contribution in [0.15, 0.2) is 24.3 Å². The van der Waals surface area contributed by atoms with Gasteiger partial charge in [-0.05, 0) is 44.1 Å². The molecule has 100 valence electrons. The van der Waals surface area contributed by atoms with Gasteiger partial charge in [0, 0.05) is 6.54 Å². The zero-order valence-electron chi connectivity index (χ0n) is 10.9. The van der Waals surface area contributed by atoms with Gasteiger partial charge < -0.3 is 10.0 Å². The highest BCUT2D eigenvalue weighted by Crippen LogP contribution is 2.06. The Morgan fingerprint density at radius 1 is 1.44 bits per heavy atom. The van der Waals surface area contributed by atoms with E-state index in [-0.39, 0.29) is 11.7 Å². The standard InChI is InChI=1S/C14H20FNO2/c1-11(14(17)18)6-8-16(2)9-7-12-4-3-5-13(15)10-12/h3-5,10-11H,6-9H2,1-2H3,(H,17,18). The van der Waals surface area contributed by atoms with E-state index in [1.165, 1.54) is 12.1 Å². The molecule has 0 spiro atoms. The van der Waals surface area contributed by atoms with Gasteiger partial charge in [-0.15, -0.1) is 0 Å². The fraction of sp³-hybridized carbons (Fsp3) is 0.500. The monoisotopic (exact) mass is 253 g/mol. The number of carboxylic acid groups (broad SMARTS) is 1. The maximum absolute atomic E-state index is 13.0. The van der Waals surface area contributed by atoms with Gasteiger partial charge in [-0.1, -0.05) is 19.1 Å². The van der Waals surface area contributed by atoms with Crippen molar-refractivity contribution in [2.45, 2.75) is 19.8 Å². The molecule has 0 radical (unpaired) electrons. The molecule has 0 aromatic heterocycles. The molecule has 1 atom stereocenters. The summed E-state index contributed by atoms with van der Waals surface area (Å²) in [4.78, 5) is 12.7. The zero-order chi connectivity index (χ0) is 13.5. The molecule has 0 aliphatic rings. The predicted molar refractivity (Wildman–Crippen MR) is 69.0 cm³/mol. The molecule has 1 rings (SSSR count). The van der Waals surface area contributed by atoms with E-state index in [1.807, 2.05) is 13.1 Å². The van der Waals surface area contributed by atoms with Crippen molar-refractivity contribution >= 4 is 5.97 Å². The van der Waals surface area contributed by atoms with Crippen molar-refractivity contribution in [3.8, 4) is 0 Å². The number of carboxylic acids is 1. The van der Waals surface area contributed by atoms with Gasteiger partial charge in [0.1, 0.15) is 5.82 Å². The van der Waals surface area contributed by atoms with Gasteiger partial charge in [0.25, 0.3) is 0 Å². The molecule has 1 aromatic rings. The summed E-state index contributed by atoms with van der Waals surface area (Å²) in [6.07, 6.45) is 1.41. The highest BCUT2D eigenvalue weighted by molar-refractivity contribution is 5.69. The topological polar surface area (TPSA) is 40.5 Å². The van der Waals surface area contributed by atoms with Crippen LogP contribution in [0.5, 0.6) is 0 Å². The van der Waals surface area contributed by atoms with Gasteiger partial charge in [-0.25, -0.2) is 4.39 Å². The summed E-state index contributed by atoms with van der Waals surface area (Å²) in [5, 5.41) is 8.77. The molecule has 1 aromatic carbocycles. The zero-order valence-corrected chi connectivity index (χ0v) is 10.9. The summed E-state index contributed by atoms with van der Waals surface area (Å²) >= 11 is 0. The second-order valence-corrected chi connectivity index (χ2v) is 4.71. The minimum atomic E-state index is -0.756. The lowest BCUT2D eigenvalue weighted by molar-refractivity contribution is -0.141.